The molecule has 4 aromatic rings. The predicted molar refractivity (Wildman–Crippen MR) is 152 cm³/mol. The summed E-state index contributed by atoms with van der Waals surface area (Å²) in [6.45, 7) is 0.537. The van der Waals surface area contributed by atoms with Crippen LogP contribution in [0, 0.1) is 0 Å². The lowest BCUT2D eigenvalue weighted by molar-refractivity contribution is 0.609. The van der Waals surface area contributed by atoms with Gasteiger partial charge in [0.25, 0.3) is 11.1 Å². The van der Waals surface area contributed by atoms with Crippen LogP contribution in [0.3, 0.4) is 0 Å². The van der Waals surface area contributed by atoms with E-state index in [4.69, 9.17) is 0 Å². The molecule has 0 fully saturated rings. The largest absolute Gasteiger partial charge is 0.311 e. The van der Waals surface area contributed by atoms with E-state index >= 15 is 0 Å². The van der Waals surface area contributed by atoms with Crippen LogP contribution in [0.4, 0.5) is 0 Å². The molecule has 192 valence electrons. The molecule has 0 aliphatic carbocycles. The fourth-order valence-corrected chi connectivity index (χ4v) is 5.22. The Labute approximate surface area is 223 Å². The fourth-order valence-electron chi connectivity index (χ4n) is 4.34. The molecule has 0 atom stereocenters. The molecular formula is C31H35N3O2S. The van der Waals surface area contributed by atoms with Gasteiger partial charge in [-0.1, -0.05) is 86.3 Å². The van der Waals surface area contributed by atoms with Crippen LogP contribution in [-0.4, -0.2) is 20.3 Å². The zero-order chi connectivity index (χ0) is 25.7. The molecule has 5 nitrogen and oxygen atoms in total. The van der Waals surface area contributed by atoms with E-state index in [2.05, 4.69) is 40.3 Å². The summed E-state index contributed by atoms with van der Waals surface area (Å²) < 4.78 is 1.68. The van der Waals surface area contributed by atoms with Gasteiger partial charge in [0.1, 0.15) is 5.82 Å². The number of aromatic amines is 1. The molecule has 0 aliphatic heterocycles. The fraction of sp³-hybridized carbons (Fsp3) is 0.323. The lowest BCUT2D eigenvalue weighted by Crippen LogP contribution is -2.20. The molecule has 0 amide bonds. The van der Waals surface area contributed by atoms with Crippen molar-refractivity contribution < 1.29 is 0 Å². The van der Waals surface area contributed by atoms with Crippen molar-refractivity contribution in [3.05, 3.63) is 128 Å². The van der Waals surface area contributed by atoms with Gasteiger partial charge in [0, 0.05) is 24.9 Å². The number of H-pyrrole nitrogens is 1. The molecule has 0 unspecified atom stereocenters. The van der Waals surface area contributed by atoms with Crippen molar-refractivity contribution in [3.8, 4) is 0 Å². The van der Waals surface area contributed by atoms with Crippen LogP contribution in [0.1, 0.15) is 61.0 Å². The van der Waals surface area contributed by atoms with Crippen LogP contribution in [0.2, 0.25) is 0 Å². The first-order chi connectivity index (χ1) is 18.2. The Bertz CT molecular complexity index is 1350. The van der Waals surface area contributed by atoms with Crippen molar-refractivity contribution in [2.45, 2.75) is 62.8 Å². The standard InChI is InChI=1S/C31H35N3O2S/c35-30-22-27(18-19-34(30)24-26-16-10-6-11-17-26)21-29-32-23-28(31(36)33-29)37-20-12-4-2-1-3-7-13-25-14-8-5-9-15-25/h5-6,8-11,14-19,22-23H,1-4,7,12-13,20-21,24H2,(H,32,33,36). The van der Waals surface area contributed by atoms with Crippen LogP contribution >= 0.6 is 11.8 Å². The second-order valence-electron chi connectivity index (χ2n) is 9.39. The topological polar surface area (TPSA) is 67.8 Å². The van der Waals surface area contributed by atoms with Gasteiger partial charge in [0.05, 0.1) is 11.4 Å². The first-order valence-electron chi connectivity index (χ1n) is 13.2. The van der Waals surface area contributed by atoms with Crippen molar-refractivity contribution in [2.75, 3.05) is 5.75 Å². The third kappa shape index (κ3) is 8.90. The molecule has 2 aromatic heterocycles. The maximum Gasteiger partial charge on any atom is 0.264 e. The quantitative estimate of drug-likeness (QED) is 0.160. The average Bonchev–Trinajstić information content (AvgIpc) is 2.91. The molecule has 37 heavy (non-hydrogen) atoms. The maximum atomic E-state index is 12.5. The van der Waals surface area contributed by atoms with E-state index in [0.717, 1.165) is 23.3 Å². The maximum absolute atomic E-state index is 12.5. The molecule has 6 heteroatoms. The highest BCUT2D eigenvalue weighted by Crippen LogP contribution is 2.16. The van der Waals surface area contributed by atoms with Crippen molar-refractivity contribution in [2.24, 2.45) is 0 Å². The molecule has 0 aliphatic rings. The van der Waals surface area contributed by atoms with Gasteiger partial charge in [-0.05, 0) is 47.8 Å². The number of aromatic nitrogens is 3. The summed E-state index contributed by atoms with van der Waals surface area (Å²) in [5.74, 6) is 1.50. The number of unbranched alkanes of at least 4 members (excludes halogenated alkanes) is 5. The van der Waals surface area contributed by atoms with Gasteiger partial charge in [-0.25, -0.2) is 4.98 Å². The number of benzene rings is 2. The molecule has 0 saturated heterocycles. The summed E-state index contributed by atoms with van der Waals surface area (Å²) in [5, 5.41) is 0. The van der Waals surface area contributed by atoms with E-state index in [0.29, 0.717) is 23.7 Å². The van der Waals surface area contributed by atoms with Gasteiger partial charge in [-0.3, -0.25) is 9.59 Å². The van der Waals surface area contributed by atoms with Gasteiger partial charge >= 0.3 is 0 Å². The van der Waals surface area contributed by atoms with Crippen LogP contribution in [0.15, 0.2) is 99.7 Å². The van der Waals surface area contributed by atoms with Crippen molar-refractivity contribution in [1.29, 1.82) is 0 Å². The predicted octanol–water partition coefficient (Wildman–Crippen LogP) is 6.25. The summed E-state index contributed by atoms with van der Waals surface area (Å²) in [7, 11) is 0. The number of thioether (sulfide) groups is 1. The number of hydrogen-bond donors (Lipinski definition) is 1. The Morgan fingerprint density at radius 1 is 0.757 bits per heavy atom. The van der Waals surface area contributed by atoms with E-state index in [1.165, 1.54) is 44.1 Å². The van der Waals surface area contributed by atoms with Gasteiger partial charge in [0.15, 0.2) is 0 Å². The monoisotopic (exact) mass is 513 g/mol. The zero-order valence-corrected chi connectivity index (χ0v) is 22.1. The van der Waals surface area contributed by atoms with E-state index in [-0.39, 0.29) is 11.1 Å². The van der Waals surface area contributed by atoms with E-state index in [1.54, 1.807) is 34.8 Å². The molecule has 2 aromatic carbocycles. The third-order valence-electron chi connectivity index (χ3n) is 6.41. The van der Waals surface area contributed by atoms with Crippen LogP contribution in [0.25, 0.3) is 0 Å². The van der Waals surface area contributed by atoms with Gasteiger partial charge in [0.2, 0.25) is 0 Å². The average molecular weight is 514 g/mol. The van der Waals surface area contributed by atoms with Gasteiger partial charge < -0.3 is 9.55 Å². The SMILES string of the molecule is O=c1[nH]c(Cc2ccn(Cc3ccccc3)c(=O)c2)ncc1SCCCCCCCCc1ccccc1. The Morgan fingerprint density at radius 2 is 1.43 bits per heavy atom. The number of hydrogen-bond acceptors (Lipinski definition) is 4. The van der Waals surface area contributed by atoms with Crippen molar-refractivity contribution in [3.63, 3.8) is 0 Å². The van der Waals surface area contributed by atoms with E-state index in [1.807, 2.05) is 36.4 Å². The number of pyridine rings is 1. The molecule has 0 spiro atoms. The molecule has 4 rings (SSSR count). The molecule has 0 radical (unpaired) electrons. The highest BCUT2D eigenvalue weighted by molar-refractivity contribution is 7.99. The van der Waals surface area contributed by atoms with Gasteiger partial charge in [-0.15, -0.1) is 11.8 Å². The molecule has 2 heterocycles. The zero-order valence-electron chi connectivity index (χ0n) is 21.3. The number of rotatable bonds is 14. The highest BCUT2D eigenvalue weighted by Gasteiger charge is 2.06. The Morgan fingerprint density at radius 3 is 2.14 bits per heavy atom. The van der Waals surface area contributed by atoms with Crippen LogP contribution in [0.5, 0.6) is 0 Å². The van der Waals surface area contributed by atoms with E-state index in [9.17, 15) is 9.59 Å². The first-order valence-corrected chi connectivity index (χ1v) is 14.1. The Hall–Kier alpha value is -3.38. The van der Waals surface area contributed by atoms with Gasteiger partial charge in [-0.2, -0.15) is 0 Å². The molecule has 1 N–H and O–H groups in total. The first kappa shape index (κ1) is 26.7. The summed E-state index contributed by atoms with van der Waals surface area (Å²) in [5.41, 5.74) is 3.17. The molecule has 0 saturated carbocycles. The Kier molecular flexibility index (Phi) is 10.4. The highest BCUT2D eigenvalue weighted by atomic mass is 32.2. The van der Waals surface area contributed by atoms with E-state index < -0.39 is 0 Å². The van der Waals surface area contributed by atoms with Crippen molar-refractivity contribution >= 4 is 11.8 Å². The van der Waals surface area contributed by atoms with Crippen molar-refractivity contribution in [1.82, 2.24) is 14.5 Å². The number of nitrogens with one attached hydrogen (secondary N) is 1. The summed E-state index contributed by atoms with van der Waals surface area (Å²) in [4.78, 5) is 33.0. The smallest absolute Gasteiger partial charge is 0.264 e. The van der Waals surface area contributed by atoms with Crippen LogP contribution in [-0.2, 0) is 19.4 Å². The second-order valence-corrected chi connectivity index (χ2v) is 10.5. The summed E-state index contributed by atoms with van der Waals surface area (Å²) >= 11 is 1.57. The minimum Gasteiger partial charge on any atom is -0.311 e. The summed E-state index contributed by atoms with van der Waals surface area (Å²) in [6.07, 6.45) is 12.4. The summed E-state index contributed by atoms with van der Waals surface area (Å²) in [6, 6.07) is 24.1. The van der Waals surface area contributed by atoms with Crippen LogP contribution < -0.4 is 11.1 Å². The minimum atomic E-state index is -0.103. The Balaban J connectivity index is 1.15. The second kappa shape index (κ2) is 14.4. The lowest BCUT2D eigenvalue weighted by Gasteiger charge is -2.08. The molecular weight excluding hydrogens is 478 g/mol. The lowest BCUT2D eigenvalue weighted by atomic mass is 10.1. The third-order valence-corrected chi connectivity index (χ3v) is 7.50. The number of aryl methyl sites for hydroxylation is 1. The number of nitrogens with zero attached hydrogens (tertiary/aromatic N) is 2. The normalized spacial score (nSPS) is 11.0. The minimum absolute atomic E-state index is 0.0629. The molecule has 0 bridgehead atoms.